The van der Waals surface area contributed by atoms with Crippen molar-refractivity contribution in [3.63, 3.8) is 0 Å². The van der Waals surface area contributed by atoms with Crippen molar-refractivity contribution in [2.45, 2.75) is 5.92 Å². The first-order valence-electron chi connectivity index (χ1n) is 11.0. The minimum absolute atomic E-state index is 0.0890. The summed E-state index contributed by atoms with van der Waals surface area (Å²) < 4.78 is 0. The molecule has 164 valence electrons. The predicted octanol–water partition coefficient (Wildman–Crippen LogP) is 5.03. The van der Waals surface area contributed by atoms with Gasteiger partial charge >= 0.3 is 0 Å². The maximum atomic E-state index is 13.0. The van der Waals surface area contributed by atoms with E-state index in [0.717, 1.165) is 22.3 Å². The van der Waals surface area contributed by atoms with E-state index in [1.807, 2.05) is 115 Å². The molecule has 4 rings (SSSR count). The van der Waals surface area contributed by atoms with E-state index in [2.05, 4.69) is 10.6 Å². The van der Waals surface area contributed by atoms with Crippen LogP contribution >= 0.6 is 0 Å². The van der Waals surface area contributed by atoms with Crippen molar-refractivity contribution in [1.29, 1.82) is 0 Å². The Morgan fingerprint density at radius 1 is 0.545 bits per heavy atom. The highest BCUT2D eigenvalue weighted by Gasteiger charge is 2.22. The molecule has 4 heteroatoms. The van der Waals surface area contributed by atoms with Crippen molar-refractivity contribution in [3.05, 3.63) is 132 Å². The summed E-state index contributed by atoms with van der Waals surface area (Å²) in [5, 5.41) is 5.84. The van der Waals surface area contributed by atoms with Crippen LogP contribution in [0.25, 0.3) is 11.1 Å². The molecule has 0 fully saturated rings. The summed E-state index contributed by atoms with van der Waals surface area (Å²) in [6.07, 6.45) is 0. The fraction of sp³-hybridized carbons (Fsp3) is 0.103. The second kappa shape index (κ2) is 10.9. The van der Waals surface area contributed by atoms with Crippen LogP contribution in [0, 0.1) is 0 Å². The van der Waals surface area contributed by atoms with Crippen LogP contribution in [0.15, 0.2) is 115 Å². The largest absolute Gasteiger partial charge is 0.354 e. The molecule has 0 bridgehead atoms. The number of carbonyl (C=O) groups is 2. The van der Waals surface area contributed by atoms with E-state index >= 15 is 0 Å². The molecule has 2 N–H and O–H groups in total. The summed E-state index contributed by atoms with van der Waals surface area (Å²) in [6.45, 7) is 0.699. The highest BCUT2D eigenvalue weighted by atomic mass is 16.2. The molecular formula is C29H26N2O2. The quantitative estimate of drug-likeness (QED) is 0.382. The summed E-state index contributed by atoms with van der Waals surface area (Å²) in [7, 11) is 0. The third-order valence-electron chi connectivity index (χ3n) is 5.49. The molecule has 0 spiro atoms. The first kappa shape index (κ1) is 22.0. The van der Waals surface area contributed by atoms with Crippen molar-refractivity contribution < 1.29 is 9.59 Å². The van der Waals surface area contributed by atoms with Gasteiger partial charge in [-0.2, -0.15) is 0 Å². The zero-order valence-electron chi connectivity index (χ0n) is 18.3. The highest BCUT2D eigenvalue weighted by molar-refractivity contribution is 5.94. The summed E-state index contributed by atoms with van der Waals surface area (Å²) in [6, 6.07) is 37.0. The third-order valence-corrected chi connectivity index (χ3v) is 5.49. The van der Waals surface area contributed by atoms with Gasteiger partial charge in [0.2, 0.25) is 5.91 Å². The van der Waals surface area contributed by atoms with Crippen LogP contribution in [0.5, 0.6) is 0 Å². The lowest BCUT2D eigenvalue weighted by atomic mass is 9.90. The standard InChI is InChI=1S/C29H26N2O2/c32-28(26-18-16-23(17-19-26)22-10-4-1-5-11-22)30-20-21-31-29(33)27(24-12-6-2-7-13-24)25-14-8-3-9-15-25/h1-19,27H,20-21H2,(H,30,32)(H,31,33). The molecule has 0 atom stereocenters. The van der Waals surface area contributed by atoms with Crippen LogP contribution in [0.4, 0.5) is 0 Å². The van der Waals surface area contributed by atoms with E-state index in [4.69, 9.17) is 0 Å². The number of carbonyl (C=O) groups excluding carboxylic acids is 2. The number of benzene rings is 4. The van der Waals surface area contributed by atoms with Gasteiger partial charge in [0.25, 0.3) is 5.91 Å². The van der Waals surface area contributed by atoms with E-state index in [1.54, 1.807) is 0 Å². The molecule has 0 saturated carbocycles. The molecule has 4 nitrogen and oxygen atoms in total. The van der Waals surface area contributed by atoms with Crippen molar-refractivity contribution in [2.75, 3.05) is 13.1 Å². The number of amides is 2. The van der Waals surface area contributed by atoms with Crippen molar-refractivity contribution in [2.24, 2.45) is 0 Å². The Morgan fingerprint density at radius 3 is 1.55 bits per heavy atom. The van der Waals surface area contributed by atoms with E-state index in [9.17, 15) is 9.59 Å². The first-order valence-corrected chi connectivity index (χ1v) is 11.0. The van der Waals surface area contributed by atoms with E-state index in [-0.39, 0.29) is 11.8 Å². The number of hydrogen-bond donors (Lipinski definition) is 2. The normalized spacial score (nSPS) is 10.6. The molecule has 0 aliphatic carbocycles. The average Bonchev–Trinajstić information content (AvgIpc) is 2.88. The highest BCUT2D eigenvalue weighted by Crippen LogP contribution is 2.24. The van der Waals surface area contributed by atoms with Gasteiger partial charge in [0, 0.05) is 18.7 Å². The smallest absolute Gasteiger partial charge is 0.251 e. The monoisotopic (exact) mass is 434 g/mol. The predicted molar refractivity (Wildman–Crippen MR) is 132 cm³/mol. The summed E-state index contributed by atoms with van der Waals surface area (Å²) in [5.74, 6) is -0.644. The molecular weight excluding hydrogens is 408 g/mol. The fourth-order valence-electron chi connectivity index (χ4n) is 3.80. The van der Waals surface area contributed by atoms with Gasteiger partial charge in [0.1, 0.15) is 0 Å². The molecule has 33 heavy (non-hydrogen) atoms. The van der Waals surface area contributed by atoms with E-state index in [1.165, 1.54) is 0 Å². The van der Waals surface area contributed by atoms with Crippen LogP contribution in [-0.4, -0.2) is 24.9 Å². The van der Waals surface area contributed by atoms with Crippen LogP contribution in [-0.2, 0) is 4.79 Å². The van der Waals surface area contributed by atoms with E-state index < -0.39 is 5.92 Å². The molecule has 0 radical (unpaired) electrons. The Balaban J connectivity index is 1.32. The lowest BCUT2D eigenvalue weighted by molar-refractivity contribution is -0.121. The minimum atomic E-state index is -0.395. The Kier molecular flexibility index (Phi) is 7.29. The molecule has 2 amide bonds. The molecule has 0 heterocycles. The maximum Gasteiger partial charge on any atom is 0.251 e. The molecule has 0 aromatic heterocycles. The Labute approximate surface area is 194 Å². The van der Waals surface area contributed by atoms with Crippen LogP contribution in [0.3, 0.4) is 0 Å². The van der Waals surface area contributed by atoms with Gasteiger partial charge < -0.3 is 10.6 Å². The fourth-order valence-corrected chi connectivity index (χ4v) is 3.80. The lowest BCUT2D eigenvalue weighted by Gasteiger charge is -2.18. The minimum Gasteiger partial charge on any atom is -0.354 e. The van der Waals surface area contributed by atoms with E-state index in [0.29, 0.717) is 18.7 Å². The van der Waals surface area contributed by atoms with Gasteiger partial charge in [-0.15, -0.1) is 0 Å². The van der Waals surface area contributed by atoms with Gasteiger partial charge in [-0.1, -0.05) is 103 Å². The molecule has 0 saturated heterocycles. The Morgan fingerprint density at radius 2 is 1.00 bits per heavy atom. The van der Waals surface area contributed by atoms with Crippen LogP contribution in [0.1, 0.15) is 27.4 Å². The third kappa shape index (κ3) is 5.74. The number of rotatable bonds is 8. The van der Waals surface area contributed by atoms with Gasteiger partial charge in [-0.05, 0) is 34.4 Å². The average molecular weight is 435 g/mol. The van der Waals surface area contributed by atoms with Gasteiger partial charge in [0.15, 0.2) is 0 Å². The van der Waals surface area contributed by atoms with Crippen LogP contribution in [0.2, 0.25) is 0 Å². The molecule has 4 aromatic carbocycles. The summed E-state index contributed by atoms with van der Waals surface area (Å²) in [5.41, 5.74) is 4.63. The molecule has 0 aliphatic rings. The van der Waals surface area contributed by atoms with Crippen LogP contribution < -0.4 is 10.6 Å². The molecule has 0 unspecified atom stereocenters. The maximum absolute atomic E-state index is 13.0. The van der Waals surface area contributed by atoms with Gasteiger partial charge in [-0.25, -0.2) is 0 Å². The van der Waals surface area contributed by atoms with Crippen molar-refractivity contribution >= 4 is 11.8 Å². The van der Waals surface area contributed by atoms with Crippen molar-refractivity contribution in [3.8, 4) is 11.1 Å². The first-order chi connectivity index (χ1) is 16.2. The zero-order valence-corrected chi connectivity index (χ0v) is 18.3. The number of hydrogen-bond acceptors (Lipinski definition) is 2. The Hall–Kier alpha value is -4.18. The second-order valence-electron chi connectivity index (χ2n) is 7.74. The topological polar surface area (TPSA) is 58.2 Å². The summed E-state index contributed by atoms with van der Waals surface area (Å²) >= 11 is 0. The second-order valence-corrected chi connectivity index (χ2v) is 7.74. The molecule has 4 aromatic rings. The Bertz CT molecular complexity index is 1140. The summed E-state index contributed by atoms with van der Waals surface area (Å²) in [4.78, 5) is 25.5. The SMILES string of the molecule is O=C(NCCNC(=O)C(c1ccccc1)c1ccccc1)c1ccc(-c2ccccc2)cc1. The zero-order chi connectivity index (χ0) is 22.9. The van der Waals surface area contributed by atoms with Gasteiger partial charge in [0.05, 0.1) is 5.92 Å². The molecule has 0 aliphatic heterocycles. The number of nitrogens with one attached hydrogen (secondary N) is 2. The lowest BCUT2D eigenvalue weighted by Crippen LogP contribution is -2.37. The van der Waals surface area contributed by atoms with Crippen molar-refractivity contribution in [1.82, 2.24) is 10.6 Å². The van der Waals surface area contributed by atoms with Gasteiger partial charge in [-0.3, -0.25) is 9.59 Å².